The number of carbonyl (C=O) groups is 1. The molecule has 0 heterocycles. The molecule has 2 aromatic rings. The molecule has 0 aromatic heterocycles. The molecule has 1 amide bonds. The Morgan fingerprint density at radius 2 is 1.85 bits per heavy atom. The lowest BCUT2D eigenvalue weighted by molar-refractivity contribution is 0.102. The monoisotopic (exact) mass is 275 g/mol. The Hall–Kier alpha value is -2.56. The Balaban J connectivity index is 2.27. The van der Waals surface area contributed by atoms with Crippen LogP contribution in [0.3, 0.4) is 0 Å². The van der Waals surface area contributed by atoms with E-state index in [0.29, 0.717) is 17.1 Å². The summed E-state index contributed by atoms with van der Waals surface area (Å²) in [6, 6.07) is 10.8. The summed E-state index contributed by atoms with van der Waals surface area (Å²) in [6.07, 6.45) is 0. The van der Waals surface area contributed by atoms with Crippen LogP contribution in [0.5, 0.6) is 11.5 Å². The van der Waals surface area contributed by atoms with E-state index in [2.05, 4.69) is 5.32 Å². The number of anilines is 1. The van der Waals surface area contributed by atoms with E-state index in [-0.39, 0.29) is 5.69 Å². The highest BCUT2D eigenvalue weighted by atomic mass is 19.1. The van der Waals surface area contributed by atoms with Crippen molar-refractivity contribution in [2.45, 2.75) is 0 Å². The molecule has 0 radical (unpaired) electrons. The normalized spacial score (nSPS) is 9.95. The Labute approximate surface area is 116 Å². The van der Waals surface area contributed by atoms with Gasteiger partial charge in [-0.15, -0.1) is 0 Å². The van der Waals surface area contributed by atoms with Gasteiger partial charge in [-0.3, -0.25) is 4.79 Å². The maximum Gasteiger partial charge on any atom is 0.259 e. The van der Waals surface area contributed by atoms with Gasteiger partial charge in [0.15, 0.2) is 0 Å². The van der Waals surface area contributed by atoms with Gasteiger partial charge in [-0.1, -0.05) is 12.1 Å². The molecule has 0 atom stereocenters. The fourth-order valence-corrected chi connectivity index (χ4v) is 1.74. The molecule has 104 valence electrons. The largest absolute Gasteiger partial charge is 0.497 e. The molecule has 0 unspecified atom stereocenters. The maximum absolute atomic E-state index is 13.5. The molecule has 0 fully saturated rings. The molecule has 1 N–H and O–H groups in total. The van der Waals surface area contributed by atoms with Crippen molar-refractivity contribution < 1.29 is 18.7 Å². The SMILES string of the molecule is COc1ccc(C(=O)Nc2ccccc2F)c(OC)c1. The maximum atomic E-state index is 13.5. The van der Waals surface area contributed by atoms with Gasteiger partial charge in [0.2, 0.25) is 0 Å². The highest BCUT2D eigenvalue weighted by molar-refractivity contribution is 6.06. The van der Waals surface area contributed by atoms with Crippen LogP contribution in [0.4, 0.5) is 10.1 Å². The van der Waals surface area contributed by atoms with Crippen LogP contribution in [0.2, 0.25) is 0 Å². The number of nitrogens with one attached hydrogen (secondary N) is 1. The summed E-state index contributed by atoms with van der Waals surface area (Å²) in [7, 11) is 2.97. The number of ether oxygens (including phenoxy) is 2. The summed E-state index contributed by atoms with van der Waals surface area (Å²) in [5.74, 6) is -0.00888. The van der Waals surface area contributed by atoms with Crippen molar-refractivity contribution in [3.8, 4) is 11.5 Å². The van der Waals surface area contributed by atoms with Crippen LogP contribution in [0.1, 0.15) is 10.4 Å². The molecular weight excluding hydrogens is 261 g/mol. The van der Waals surface area contributed by atoms with E-state index in [0.717, 1.165) is 0 Å². The first kappa shape index (κ1) is 13.9. The topological polar surface area (TPSA) is 47.6 Å². The van der Waals surface area contributed by atoms with Gasteiger partial charge in [-0.25, -0.2) is 4.39 Å². The standard InChI is InChI=1S/C15H14FNO3/c1-19-10-7-8-11(14(9-10)20-2)15(18)17-13-6-4-3-5-12(13)16/h3-9H,1-2H3,(H,17,18). The molecule has 0 aliphatic rings. The lowest BCUT2D eigenvalue weighted by Crippen LogP contribution is -2.14. The molecule has 5 heteroatoms. The Morgan fingerprint density at radius 3 is 2.50 bits per heavy atom. The van der Waals surface area contributed by atoms with Crippen LogP contribution in [-0.4, -0.2) is 20.1 Å². The molecule has 2 aromatic carbocycles. The number of amides is 1. The zero-order valence-electron chi connectivity index (χ0n) is 11.1. The highest BCUT2D eigenvalue weighted by Gasteiger charge is 2.14. The molecule has 0 saturated heterocycles. The number of halogens is 1. The third-order valence-electron chi connectivity index (χ3n) is 2.78. The molecule has 0 bridgehead atoms. The summed E-state index contributed by atoms with van der Waals surface area (Å²) >= 11 is 0. The lowest BCUT2D eigenvalue weighted by atomic mass is 10.1. The van der Waals surface area contributed by atoms with Crippen molar-refractivity contribution in [1.82, 2.24) is 0 Å². The van der Waals surface area contributed by atoms with Crippen LogP contribution in [0.15, 0.2) is 42.5 Å². The van der Waals surface area contributed by atoms with Crippen molar-refractivity contribution in [1.29, 1.82) is 0 Å². The first-order valence-electron chi connectivity index (χ1n) is 5.93. The number of para-hydroxylation sites is 1. The first-order chi connectivity index (χ1) is 9.65. The van der Waals surface area contributed by atoms with Crippen LogP contribution >= 0.6 is 0 Å². The van der Waals surface area contributed by atoms with Crippen molar-refractivity contribution in [3.05, 3.63) is 53.8 Å². The number of rotatable bonds is 4. The predicted octanol–water partition coefficient (Wildman–Crippen LogP) is 3.10. The Bertz CT molecular complexity index is 628. The predicted molar refractivity (Wildman–Crippen MR) is 73.9 cm³/mol. The summed E-state index contributed by atoms with van der Waals surface area (Å²) in [5, 5.41) is 2.50. The third-order valence-corrected chi connectivity index (χ3v) is 2.78. The Kier molecular flexibility index (Phi) is 4.20. The fraction of sp³-hybridized carbons (Fsp3) is 0.133. The van der Waals surface area contributed by atoms with Gasteiger partial charge in [0.05, 0.1) is 25.5 Å². The van der Waals surface area contributed by atoms with E-state index in [1.807, 2.05) is 0 Å². The van der Waals surface area contributed by atoms with E-state index in [1.54, 1.807) is 30.3 Å². The first-order valence-corrected chi connectivity index (χ1v) is 5.93. The second-order valence-electron chi connectivity index (χ2n) is 4.00. The minimum absolute atomic E-state index is 0.121. The molecule has 4 nitrogen and oxygen atoms in total. The van der Waals surface area contributed by atoms with Crippen LogP contribution in [0, 0.1) is 5.82 Å². The van der Waals surface area contributed by atoms with Gasteiger partial charge in [0.25, 0.3) is 5.91 Å². The van der Waals surface area contributed by atoms with Gasteiger partial charge in [-0.2, -0.15) is 0 Å². The van der Waals surface area contributed by atoms with E-state index >= 15 is 0 Å². The van der Waals surface area contributed by atoms with Gasteiger partial charge < -0.3 is 14.8 Å². The van der Waals surface area contributed by atoms with Gasteiger partial charge >= 0.3 is 0 Å². The summed E-state index contributed by atoms with van der Waals surface area (Å²) in [6.45, 7) is 0. The van der Waals surface area contributed by atoms with Crippen molar-refractivity contribution in [2.24, 2.45) is 0 Å². The zero-order valence-corrected chi connectivity index (χ0v) is 11.1. The molecule has 20 heavy (non-hydrogen) atoms. The van der Waals surface area contributed by atoms with Gasteiger partial charge in [0, 0.05) is 6.07 Å². The van der Waals surface area contributed by atoms with Crippen LogP contribution in [0.25, 0.3) is 0 Å². The molecule has 0 aliphatic heterocycles. The van der Waals surface area contributed by atoms with Gasteiger partial charge in [-0.05, 0) is 24.3 Å². The minimum Gasteiger partial charge on any atom is -0.497 e. The third kappa shape index (κ3) is 2.88. The lowest BCUT2D eigenvalue weighted by Gasteiger charge is -2.11. The second-order valence-corrected chi connectivity index (χ2v) is 4.00. The van der Waals surface area contributed by atoms with Crippen molar-refractivity contribution >= 4 is 11.6 Å². The fourth-order valence-electron chi connectivity index (χ4n) is 1.74. The second kappa shape index (κ2) is 6.06. The van der Waals surface area contributed by atoms with E-state index in [4.69, 9.17) is 9.47 Å². The number of hydrogen-bond donors (Lipinski definition) is 1. The van der Waals surface area contributed by atoms with Crippen molar-refractivity contribution in [2.75, 3.05) is 19.5 Å². The summed E-state index contributed by atoms with van der Waals surface area (Å²) < 4.78 is 23.7. The average Bonchev–Trinajstić information content (AvgIpc) is 2.48. The average molecular weight is 275 g/mol. The number of hydrogen-bond acceptors (Lipinski definition) is 3. The molecule has 0 aliphatic carbocycles. The molecule has 2 rings (SSSR count). The zero-order chi connectivity index (χ0) is 14.5. The van der Waals surface area contributed by atoms with Gasteiger partial charge in [0.1, 0.15) is 17.3 Å². The summed E-state index contributed by atoms with van der Waals surface area (Å²) in [5.41, 5.74) is 0.423. The number of methoxy groups -OCH3 is 2. The number of benzene rings is 2. The van der Waals surface area contributed by atoms with Crippen molar-refractivity contribution in [3.63, 3.8) is 0 Å². The van der Waals surface area contributed by atoms with Crippen LogP contribution < -0.4 is 14.8 Å². The molecule has 0 spiro atoms. The summed E-state index contributed by atoms with van der Waals surface area (Å²) in [4.78, 5) is 12.1. The minimum atomic E-state index is -0.492. The quantitative estimate of drug-likeness (QED) is 0.932. The Morgan fingerprint density at radius 1 is 1.10 bits per heavy atom. The smallest absolute Gasteiger partial charge is 0.259 e. The van der Waals surface area contributed by atoms with E-state index < -0.39 is 11.7 Å². The molecular formula is C15H14FNO3. The van der Waals surface area contributed by atoms with Crippen LogP contribution in [-0.2, 0) is 0 Å². The highest BCUT2D eigenvalue weighted by Crippen LogP contribution is 2.25. The van der Waals surface area contributed by atoms with E-state index in [1.165, 1.54) is 26.4 Å². The number of carbonyl (C=O) groups excluding carboxylic acids is 1. The molecule has 0 saturated carbocycles. The van der Waals surface area contributed by atoms with E-state index in [9.17, 15) is 9.18 Å².